The number of nitrogens with one attached hydrogen (secondary N) is 1. The maximum absolute atomic E-state index is 12.8. The van der Waals surface area contributed by atoms with E-state index in [4.69, 9.17) is 9.72 Å². The molecule has 4 rings (SSSR count). The number of anilines is 1. The van der Waals surface area contributed by atoms with E-state index in [1.54, 1.807) is 18.7 Å². The lowest BCUT2D eigenvalue weighted by Crippen LogP contribution is -2.30. The van der Waals surface area contributed by atoms with E-state index < -0.39 is 6.10 Å². The van der Waals surface area contributed by atoms with Gasteiger partial charge in [0.25, 0.3) is 5.91 Å². The Morgan fingerprint density at radius 2 is 2.04 bits per heavy atom. The van der Waals surface area contributed by atoms with Crippen molar-refractivity contribution >= 4 is 23.4 Å². The average Bonchev–Trinajstić information content (AvgIpc) is 3.28. The Labute approximate surface area is 169 Å². The number of carbonyl (C=O) groups excluding carboxylic acids is 1. The van der Waals surface area contributed by atoms with Gasteiger partial charge < -0.3 is 14.6 Å². The van der Waals surface area contributed by atoms with Gasteiger partial charge in [-0.15, -0.1) is 0 Å². The molecular weight excluding hydrogens is 370 g/mol. The van der Waals surface area contributed by atoms with Crippen LogP contribution in [0.25, 0.3) is 11.3 Å². The number of aryl methyl sites for hydroxylation is 2. The summed E-state index contributed by atoms with van der Waals surface area (Å²) < 4.78 is 8.08. The maximum Gasteiger partial charge on any atom is 0.265 e. The molecule has 1 aromatic heterocycles. The topological polar surface area (TPSA) is 56.1 Å². The second kappa shape index (κ2) is 7.72. The van der Waals surface area contributed by atoms with Gasteiger partial charge in [0.2, 0.25) is 0 Å². The van der Waals surface area contributed by atoms with Crippen LogP contribution in [0.4, 0.5) is 5.69 Å². The first-order chi connectivity index (χ1) is 13.5. The van der Waals surface area contributed by atoms with Gasteiger partial charge in [-0.1, -0.05) is 42.1 Å². The normalized spacial score (nSPS) is 13.8. The van der Waals surface area contributed by atoms with Crippen molar-refractivity contribution in [2.24, 2.45) is 0 Å². The molecule has 0 saturated carbocycles. The third-order valence-electron chi connectivity index (χ3n) is 4.99. The Bertz CT molecular complexity index is 1010. The van der Waals surface area contributed by atoms with E-state index in [-0.39, 0.29) is 5.91 Å². The number of para-hydroxylation sites is 1. The maximum atomic E-state index is 12.8. The molecule has 0 spiro atoms. The SMILES string of the molecule is Cc1cccc(O[C@@H](C)C(=O)Nc2ccccc2-c2cn3c(n2)SCC3)c1C. The molecule has 0 saturated heterocycles. The first-order valence-corrected chi connectivity index (χ1v) is 10.3. The lowest BCUT2D eigenvalue weighted by atomic mass is 10.1. The molecule has 1 atom stereocenters. The molecule has 1 aliphatic heterocycles. The number of benzene rings is 2. The first kappa shape index (κ1) is 18.6. The third kappa shape index (κ3) is 3.64. The number of hydrogen-bond donors (Lipinski definition) is 1. The van der Waals surface area contributed by atoms with Gasteiger partial charge in [-0.2, -0.15) is 0 Å². The molecule has 2 heterocycles. The van der Waals surface area contributed by atoms with Crippen molar-refractivity contribution in [1.29, 1.82) is 0 Å². The van der Waals surface area contributed by atoms with Gasteiger partial charge in [0.05, 0.1) is 11.4 Å². The fourth-order valence-electron chi connectivity index (χ4n) is 3.19. The van der Waals surface area contributed by atoms with E-state index in [1.807, 2.05) is 56.3 Å². The molecule has 0 aliphatic carbocycles. The first-order valence-electron chi connectivity index (χ1n) is 9.36. The largest absolute Gasteiger partial charge is 0.481 e. The molecule has 1 aliphatic rings. The van der Waals surface area contributed by atoms with Crippen molar-refractivity contribution in [1.82, 2.24) is 9.55 Å². The van der Waals surface area contributed by atoms with Crippen LogP contribution >= 0.6 is 11.8 Å². The molecule has 0 bridgehead atoms. The van der Waals surface area contributed by atoms with E-state index in [1.165, 1.54) is 0 Å². The number of nitrogens with zero attached hydrogens (tertiary/aromatic N) is 2. The van der Waals surface area contributed by atoms with Gasteiger partial charge in [0.1, 0.15) is 5.75 Å². The minimum absolute atomic E-state index is 0.186. The molecule has 5 nitrogen and oxygen atoms in total. The summed E-state index contributed by atoms with van der Waals surface area (Å²) in [6.07, 6.45) is 1.44. The Morgan fingerprint density at radius 1 is 1.21 bits per heavy atom. The van der Waals surface area contributed by atoms with Gasteiger partial charge in [0, 0.05) is 24.1 Å². The van der Waals surface area contributed by atoms with Gasteiger partial charge in [0.15, 0.2) is 11.3 Å². The van der Waals surface area contributed by atoms with E-state index in [9.17, 15) is 4.79 Å². The second-order valence-corrected chi connectivity index (χ2v) is 8.01. The molecule has 0 fully saturated rings. The monoisotopic (exact) mass is 393 g/mol. The van der Waals surface area contributed by atoms with E-state index in [0.717, 1.165) is 51.3 Å². The van der Waals surface area contributed by atoms with Crippen LogP contribution in [0.1, 0.15) is 18.1 Å². The number of rotatable bonds is 5. The zero-order valence-electron chi connectivity index (χ0n) is 16.2. The van der Waals surface area contributed by atoms with E-state index in [0.29, 0.717) is 0 Å². The van der Waals surface area contributed by atoms with Crippen molar-refractivity contribution in [2.75, 3.05) is 11.1 Å². The van der Waals surface area contributed by atoms with Crippen molar-refractivity contribution in [3.05, 3.63) is 59.8 Å². The number of carbonyl (C=O) groups is 1. The molecular formula is C22H23N3O2S. The molecule has 3 aromatic rings. The highest BCUT2D eigenvalue weighted by Gasteiger charge is 2.20. The fourth-order valence-corrected chi connectivity index (χ4v) is 4.13. The van der Waals surface area contributed by atoms with E-state index in [2.05, 4.69) is 16.1 Å². The molecule has 6 heteroatoms. The predicted molar refractivity (Wildman–Crippen MR) is 113 cm³/mol. The minimum atomic E-state index is -0.615. The highest BCUT2D eigenvalue weighted by molar-refractivity contribution is 7.99. The molecule has 2 aromatic carbocycles. The number of hydrogen-bond acceptors (Lipinski definition) is 4. The summed E-state index contributed by atoms with van der Waals surface area (Å²) in [4.78, 5) is 17.5. The number of aromatic nitrogens is 2. The van der Waals surface area contributed by atoms with Crippen LogP contribution in [0.3, 0.4) is 0 Å². The van der Waals surface area contributed by atoms with Crippen LogP contribution in [0, 0.1) is 13.8 Å². The van der Waals surface area contributed by atoms with Crippen molar-refractivity contribution in [2.45, 2.75) is 38.6 Å². The van der Waals surface area contributed by atoms with Crippen LogP contribution in [0.5, 0.6) is 5.75 Å². The van der Waals surface area contributed by atoms with Crippen molar-refractivity contribution < 1.29 is 9.53 Å². The Balaban J connectivity index is 1.52. The predicted octanol–water partition coefficient (Wildman–Crippen LogP) is 4.68. The Hall–Kier alpha value is -2.73. The van der Waals surface area contributed by atoms with Gasteiger partial charge >= 0.3 is 0 Å². The lowest BCUT2D eigenvalue weighted by molar-refractivity contribution is -0.122. The summed E-state index contributed by atoms with van der Waals surface area (Å²) in [5, 5.41) is 4.04. The Kier molecular flexibility index (Phi) is 5.13. The fraction of sp³-hybridized carbons (Fsp3) is 0.273. The summed E-state index contributed by atoms with van der Waals surface area (Å²) in [6, 6.07) is 13.6. The summed E-state index contributed by atoms with van der Waals surface area (Å²) in [5.74, 6) is 1.61. The average molecular weight is 394 g/mol. The zero-order valence-corrected chi connectivity index (χ0v) is 17.0. The summed E-state index contributed by atoms with van der Waals surface area (Å²) >= 11 is 1.76. The van der Waals surface area contributed by atoms with Crippen LogP contribution in [-0.2, 0) is 11.3 Å². The van der Waals surface area contributed by atoms with Gasteiger partial charge in [-0.25, -0.2) is 4.98 Å². The summed E-state index contributed by atoms with van der Waals surface area (Å²) in [7, 11) is 0. The minimum Gasteiger partial charge on any atom is -0.481 e. The number of imidazole rings is 1. The smallest absolute Gasteiger partial charge is 0.265 e. The lowest BCUT2D eigenvalue weighted by Gasteiger charge is -2.18. The molecule has 0 unspecified atom stereocenters. The third-order valence-corrected chi connectivity index (χ3v) is 5.96. The van der Waals surface area contributed by atoms with Crippen molar-refractivity contribution in [3.63, 3.8) is 0 Å². The highest BCUT2D eigenvalue weighted by Crippen LogP contribution is 2.32. The molecule has 1 amide bonds. The highest BCUT2D eigenvalue weighted by atomic mass is 32.2. The second-order valence-electron chi connectivity index (χ2n) is 6.94. The molecule has 144 valence electrons. The molecule has 0 radical (unpaired) electrons. The number of ether oxygens (including phenoxy) is 1. The van der Waals surface area contributed by atoms with Gasteiger partial charge in [-0.3, -0.25) is 4.79 Å². The van der Waals surface area contributed by atoms with Crippen molar-refractivity contribution in [3.8, 4) is 17.0 Å². The number of thioether (sulfide) groups is 1. The van der Waals surface area contributed by atoms with E-state index >= 15 is 0 Å². The number of amides is 1. The van der Waals surface area contributed by atoms with Crippen LogP contribution in [-0.4, -0.2) is 27.3 Å². The number of fused-ring (bicyclic) bond motifs is 1. The molecule has 28 heavy (non-hydrogen) atoms. The molecule has 1 N–H and O–H groups in total. The summed E-state index contributed by atoms with van der Waals surface area (Å²) in [5.41, 5.74) is 4.72. The van der Waals surface area contributed by atoms with Crippen LogP contribution in [0.2, 0.25) is 0 Å². The van der Waals surface area contributed by atoms with Crippen LogP contribution < -0.4 is 10.1 Å². The van der Waals surface area contributed by atoms with Crippen LogP contribution in [0.15, 0.2) is 53.8 Å². The summed E-state index contributed by atoms with van der Waals surface area (Å²) in [6.45, 7) is 6.77. The quantitative estimate of drug-likeness (QED) is 0.684. The Morgan fingerprint density at radius 3 is 2.86 bits per heavy atom. The van der Waals surface area contributed by atoms with Gasteiger partial charge in [-0.05, 0) is 44.0 Å². The standard InChI is InChI=1S/C22H23N3O2S/c1-14-7-6-10-20(15(14)2)27-16(3)21(26)23-18-9-5-4-8-17(18)19-13-25-11-12-28-22(25)24-19/h4-10,13,16H,11-12H2,1-3H3,(H,23,26)/t16-/m0/s1. The zero-order chi connectivity index (χ0) is 19.7.